The fourth-order valence-electron chi connectivity index (χ4n) is 1.78. The van der Waals surface area contributed by atoms with Crippen LogP contribution < -0.4 is 5.73 Å². The minimum atomic E-state index is -0.436. The highest BCUT2D eigenvalue weighted by Crippen LogP contribution is 2.18. The maximum absolute atomic E-state index is 11.6. The van der Waals surface area contributed by atoms with Gasteiger partial charge in [0.05, 0.1) is 19.3 Å². The number of esters is 1. The van der Waals surface area contributed by atoms with E-state index in [0.29, 0.717) is 18.8 Å². The molecule has 7 nitrogen and oxygen atoms in total. The first kappa shape index (κ1) is 22.2. The number of nitrogens with two attached hydrogens (primary N) is 1. The average Bonchev–Trinajstić information content (AvgIpc) is 2.93. The quantitative estimate of drug-likeness (QED) is 0.776. The molecule has 0 aliphatic carbocycles. The molecule has 7 heteroatoms. The molecule has 1 atom stereocenters. The van der Waals surface area contributed by atoms with Crippen LogP contribution in [0.2, 0.25) is 0 Å². The van der Waals surface area contributed by atoms with Crippen LogP contribution in [0.25, 0.3) is 0 Å². The maximum Gasteiger partial charge on any atom is 0.343 e. The van der Waals surface area contributed by atoms with Crippen molar-refractivity contribution < 1.29 is 14.3 Å². The van der Waals surface area contributed by atoms with Crippen molar-refractivity contribution in [3.8, 4) is 6.57 Å². The number of hydrogen-bond acceptors (Lipinski definition) is 6. The summed E-state index contributed by atoms with van der Waals surface area (Å²) >= 11 is 0. The maximum atomic E-state index is 11.6. The van der Waals surface area contributed by atoms with Gasteiger partial charge in [-0.1, -0.05) is 27.2 Å². The highest BCUT2D eigenvalue weighted by Gasteiger charge is 2.19. The third-order valence-electron chi connectivity index (χ3n) is 2.61. The number of methoxy groups -OCH3 is 1. The second-order valence-corrected chi connectivity index (χ2v) is 4.03. The standard InChI is InChI=1S/C12H21N3O3.C2H6.CHN/c1-4-6-9(8-17-3)15-7-10(11(13)14-15)12(16)18-5-2;2*1-2/h7,9H,4-6,8H2,1-3H3,(H2,13,14);1-2H3;1H. The number of rotatable bonds is 7. The summed E-state index contributed by atoms with van der Waals surface area (Å²) in [4.78, 5) is 11.6. The van der Waals surface area contributed by atoms with Gasteiger partial charge in [0.1, 0.15) is 5.56 Å². The van der Waals surface area contributed by atoms with E-state index in [0.717, 1.165) is 12.8 Å². The molecule has 1 rings (SSSR count). The lowest BCUT2D eigenvalue weighted by molar-refractivity contribution is 0.0527. The van der Waals surface area contributed by atoms with Crippen LogP contribution in [0.4, 0.5) is 5.82 Å². The molecule has 22 heavy (non-hydrogen) atoms. The van der Waals surface area contributed by atoms with E-state index in [1.807, 2.05) is 13.8 Å². The van der Waals surface area contributed by atoms with E-state index >= 15 is 0 Å². The molecule has 1 aromatic heterocycles. The molecule has 0 aliphatic rings. The van der Waals surface area contributed by atoms with Crippen LogP contribution >= 0.6 is 0 Å². The third-order valence-corrected chi connectivity index (χ3v) is 2.61. The Bertz CT molecular complexity index is 424. The Balaban J connectivity index is 0. The molecule has 0 saturated heterocycles. The van der Waals surface area contributed by atoms with Crippen LogP contribution in [0, 0.1) is 11.8 Å². The van der Waals surface area contributed by atoms with Gasteiger partial charge in [-0.2, -0.15) is 5.10 Å². The van der Waals surface area contributed by atoms with E-state index in [1.165, 1.54) is 0 Å². The third kappa shape index (κ3) is 7.09. The molecular weight excluding hydrogens is 284 g/mol. The zero-order valence-electron chi connectivity index (χ0n) is 14.2. The molecular formula is C15H28N4O3. The highest BCUT2D eigenvalue weighted by atomic mass is 16.5. The van der Waals surface area contributed by atoms with Crippen molar-refractivity contribution in [3.63, 3.8) is 0 Å². The van der Waals surface area contributed by atoms with Gasteiger partial charge in [0.2, 0.25) is 0 Å². The Morgan fingerprint density at radius 2 is 2.05 bits per heavy atom. The molecule has 1 aromatic rings. The summed E-state index contributed by atoms with van der Waals surface area (Å²) < 4.78 is 11.8. The first-order chi connectivity index (χ1) is 10.6. The predicted octanol–water partition coefficient (Wildman–Crippen LogP) is 2.80. The second-order valence-electron chi connectivity index (χ2n) is 4.03. The lowest BCUT2D eigenvalue weighted by atomic mass is 10.2. The molecule has 0 saturated carbocycles. The van der Waals surface area contributed by atoms with Crippen molar-refractivity contribution in [3.05, 3.63) is 11.8 Å². The monoisotopic (exact) mass is 312 g/mol. The van der Waals surface area contributed by atoms with E-state index in [2.05, 4.69) is 18.6 Å². The van der Waals surface area contributed by atoms with Crippen molar-refractivity contribution in [2.45, 2.75) is 46.6 Å². The van der Waals surface area contributed by atoms with Crippen molar-refractivity contribution in [2.75, 3.05) is 26.1 Å². The van der Waals surface area contributed by atoms with Crippen LogP contribution in [0.3, 0.4) is 0 Å². The first-order valence-electron chi connectivity index (χ1n) is 7.40. The second kappa shape index (κ2) is 13.9. The number of carbonyl (C=O) groups excluding carboxylic acids is 1. The molecule has 0 aromatic carbocycles. The van der Waals surface area contributed by atoms with Crippen LogP contribution in [-0.4, -0.2) is 36.1 Å². The van der Waals surface area contributed by atoms with Crippen molar-refractivity contribution in [2.24, 2.45) is 0 Å². The summed E-state index contributed by atoms with van der Waals surface area (Å²) in [7, 11) is 1.64. The minimum absolute atomic E-state index is 0.0884. The number of hydrogen-bond donors (Lipinski definition) is 1. The molecule has 126 valence electrons. The highest BCUT2D eigenvalue weighted by molar-refractivity contribution is 5.93. The van der Waals surface area contributed by atoms with Crippen molar-refractivity contribution >= 4 is 11.8 Å². The van der Waals surface area contributed by atoms with Crippen LogP contribution in [0.15, 0.2) is 6.20 Å². The van der Waals surface area contributed by atoms with Crippen molar-refractivity contribution in [1.82, 2.24) is 9.78 Å². The van der Waals surface area contributed by atoms with Gasteiger partial charge in [-0.25, -0.2) is 10.1 Å². The normalized spacial score (nSPS) is 10.5. The Morgan fingerprint density at radius 3 is 2.50 bits per heavy atom. The molecule has 0 amide bonds. The van der Waals surface area contributed by atoms with Gasteiger partial charge in [-0.3, -0.25) is 4.68 Å². The Kier molecular flexibility index (Phi) is 14.0. The van der Waals surface area contributed by atoms with E-state index in [4.69, 9.17) is 20.5 Å². The van der Waals surface area contributed by atoms with Gasteiger partial charge in [-0.05, 0) is 13.3 Å². The van der Waals surface area contributed by atoms with Gasteiger partial charge in [0.15, 0.2) is 5.82 Å². The number of nitrogen functional groups attached to an aromatic ring is 1. The number of carbonyl (C=O) groups is 1. The Hall–Kier alpha value is -2.07. The number of aromatic nitrogens is 2. The van der Waals surface area contributed by atoms with Crippen LogP contribution in [0.5, 0.6) is 0 Å². The van der Waals surface area contributed by atoms with Gasteiger partial charge in [0, 0.05) is 19.9 Å². The molecule has 1 heterocycles. The van der Waals surface area contributed by atoms with Gasteiger partial charge in [-0.15, -0.1) is 0 Å². The zero-order valence-corrected chi connectivity index (χ0v) is 14.2. The molecule has 0 fully saturated rings. The Labute approximate surface area is 133 Å². The lowest BCUT2D eigenvalue weighted by Gasteiger charge is -2.15. The molecule has 0 spiro atoms. The van der Waals surface area contributed by atoms with E-state index in [1.54, 1.807) is 24.9 Å². The summed E-state index contributed by atoms with van der Waals surface area (Å²) in [5, 5.41) is 10.7. The topological polar surface area (TPSA) is 103 Å². The summed E-state index contributed by atoms with van der Waals surface area (Å²) in [6.07, 6.45) is 3.55. The molecule has 2 N–H and O–H groups in total. The number of nitrogens with zero attached hydrogens (tertiary/aromatic N) is 3. The lowest BCUT2D eigenvalue weighted by Crippen LogP contribution is -2.15. The summed E-state index contributed by atoms with van der Waals surface area (Å²) in [6, 6.07) is 0.0884. The average molecular weight is 312 g/mol. The number of ether oxygens (including phenoxy) is 2. The summed E-state index contributed by atoms with van der Waals surface area (Å²) in [6.45, 7) is 12.2. The van der Waals surface area contributed by atoms with Crippen LogP contribution in [-0.2, 0) is 9.47 Å². The fourth-order valence-corrected chi connectivity index (χ4v) is 1.78. The predicted molar refractivity (Wildman–Crippen MR) is 86.4 cm³/mol. The number of anilines is 1. The summed E-state index contributed by atoms with van der Waals surface area (Å²) in [5.74, 6) is -0.237. The van der Waals surface area contributed by atoms with Gasteiger partial charge < -0.3 is 15.2 Å². The summed E-state index contributed by atoms with van der Waals surface area (Å²) in [5.41, 5.74) is 6.04. The SMILES string of the molecule is C#N.CC.CCCC(COC)n1cc(C(=O)OCC)c(N)n1. The number of nitriles is 1. The molecule has 1 unspecified atom stereocenters. The zero-order chi connectivity index (χ0) is 17.5. The van der Waals surface area contributed by atoms with E-state index < -0.39 is 5.97 Å². The van der Waals surface area contributed by atoms with Gasteiger partial charge >= 0.3 is 5.97 Å². The van der Waals surface area contributed by atoms with Crippen LogP contribution in [0.1, 0.15) is 56.9 Å². The van der Waals surface area contributed by atoms with E-state index in [-0.39, 0.29) is 11.9 Å². The first-order valence-corrected chi connectivity index (χ1v) is 7.40. The van der Waals surface area contributed by atoms with Gasteiger partial charge in [0.25, 0.3) is 0 Å². The smallest absolute Gasteiger partial charge is 0.343 e. The van der Waals surface area contributed by atoms with Crippen molar-refractivity contribution in [1.29, 1.82) is 5.26 Å². The Morgan fingerprint density at radius 1 is 1.45 bits per heavy atom. The van der Waals surface area contributed by atoms with E-state index in [9.17, 15) is 4.79 Å². The molecule has 0 radical (unpaired) electrons. The molecule has 0 bridgehead atoms. The largest absolute Gasteiger partial charge is 0.462 e. The minimum Gasteiger partial charge on any atom is -0.462 e. The fraction of sp³-hybridized carbons (Fsp3) is 0.667. The molecule has 0 aliphatic heterocycles.